The van der Waals surface area contributed by atoms with Gasteiger partial charge in [-0.1, -0.05) is 12.1 Å². The molecular formula is C11H9NO2. The van der Waals surface area contributed by atoms with Crippen molar-refractivity contribution in [2.45, 2.75) is 18.3 Å². The molecule has 0 atom stereocenters. The molecule has 1 aliphatic rings. The molecule has 3 heteroatoms. The quantitative estimate of drug-likeness (QED) is 0.766. The highest BCUT2D eigenvalue weighted by Crippen LogP contribution is 2.48. The topological polar surface area (TPSA) is 61.1 Å². The van der Waals surface area contributed by atoms with E-state index in [1.165, 1.54) is 0 Å². The summed E-state index contributed by atoms with van der Waals surface area (Å²) in [5.41, 5.74) is 0.575. The lowest BCUT2D eigenvalue weighted by atomic mass is 9.95. The van der Waals surface area contributed by atoms with E-state index >= 15 is 0 Å². The predicted molar refractivity (Wildman–Crippen MR) is 49.7 cm³/mol. The Morgan fingerprint density at radius 2 is 2.21 bits per heavy atom. The summed E-state index contributed by atoms with van der Waals surface area (Å²) in [6.45, 7) is 0. The van der Waals surface area contributed by atoms with Crippen molar-refractivity contribution in [1.29, 1.82) is 5.26 Å². The zero-order chi connectivity index (χ0) is 10.2. The van der Waals surface area contributed by atoms with E-state index in [2.05, 4.69) is 0 Å². The van der Waals surface area contributed by atoms with E-state index in [0.717, 1.165) is 5.56 Å². The van der Waals surface area contributed by atoms with Gasteiger partial charge in [0, 0.05) is 0 Å². The summed E-state index contributed by atoms with van der Waals surface area (Å²) in [4.78, 5) is 11.0. The normalized spacial score (nSPS) is 17.1. The number of carbonyl (C=O) groups is 1. The second-order valence-corrected chi connectivity index (χ2v) is 3.58. The number of nitrogens with zero attached hydrogens (tertiary/aromatic N) is 1. The summed E-state index contributed by atoms with van der Waals surface area (Å²) in [6.07, 6.45) is 1.36. The number of carboxylic acids is 1. The first-order chi connectivity index (χ1) is 6.69. The lowest BCUT2D eigenvalue weighted by Crippen LogP contribution is -2.19. The Balaban J connectivity index is 2.43. The first-order valence-electron chi connectivity index (χ1n) is 4.43. The minimum absolute atomic E-state index is 0.523. The Bertz CT molecular complexity index is 427. The van der Waals surface area contributed by atoms with Crippen LogP contribution < -0.4 is 0 Å². The molecule has 3 nitrogen and oxygen atoms in total. The van der Waals surface area contributed by atoms with Gasteiger partial charge in [-0.3, -0.25) is 4.79 Å². The van der Waals surface area contributed by atoms with E-state index in [-0.39, 0.29) is 0 Å². The van der Waals surface area contributed by atoms with Crippen molar-refractivity contribution < 1.29 is 9.90 Å². The second-order valence-electron chi connectivity index (χ2n) is 3.58. The average Bonchev–Trinajstić information content (AvgIpc) is 2.98. The monoisotopic (exact) mass is 187 g/mol. The van der Waals surface area contributed by atoms with Gasteiger partial charge in [0.2, 0.25) is 0 Å². The SMILES string of the molecule is N#Cc1cccc(C2(C(=O)O)CC2)c1. The fourth-order valence-corrected chi connectivity index (χ4v) is 1.64. The van der Waals surface area contributed by atoms with Crippen LogP contribution in [0.2, 0.25) is 0 Å². The van der Waals surface area contributed by atoms with E-state index in [4.69, 9.17) is 10.4 Å². The van der Waals surface area contributed by atoms with Gasteiger partial charge in [0.1, 0.15) is 0 Å². The molecule has 1 aromatic rings. The van der Waals surface area contributed by atoms with Crippen molar-refractivity contribution in [3.8, 4) is 6.07 Å². The van der Waals surface area contributed by atoms with Crippen LogP contribution in [-0.4, -0.2) is 11.1 Å². The maximum Gasteiger partial charge on any atom is 0.314 e. The minimum Gasteiger partial charge on any atom is -0.481 e. The average molecular weight is 187 g/mol. The summed E-state index contributed by atoms with van der Waals surface area (Å²) in [7, 11) is 0. The van der Waals surface area contributed by atoms with Crippen molar-refractivity contribution in [3.05, 3.63) is 35.4 Å². The summed E-state index contributed by atoms with van der Waals surface area (Å²) < 4.78 is 0. The molecule has 0 saturated heterocycles. The highest BCUT2D eigenvalue weighted by atomic mass is 16.4. The Kier molecular flexibility index (Phi) is 1.78. The largest absolute Gasteiger partial charge is 0.481 e. The molecule has 0 radical (unpaired) electrons. The van der Waals surface area contributed by atoms with Crippen molar-refractivity contribution in [1.82, 2.24) is 0 Å². The van der Waals surface area contributed by atoms with E-state index in [1.54, 1.807) is 24.3 Å². The third kappa shape index (κ3) is 1.16. The minimum atomic E-state index is -0.785. The second kappa shape index (κ2) is 2.85. The van der Waals surface area contributed by atoms with Crippen molar-refractivity contribution in [3.63, 3.8) is 0 Å². The van der Waals surface area contributed by atoms with E-state index < -0.39 is 11.4 Å². The van der Waals surface area contributed by atoms with Crippen molar-refractivity contribution in [2.24, 2.45) is 0 Å². The van der Waals surface area contributed by atoms with Gasteiger partial charge in [-0.2, -0.15) is 5.26 Å². The van der Waals surface area contributed by atoms with Crippen LogP contribution in [0.15, 0.2) is 24.3 Å². The van der Waals surface area contributed by atoms with Gasteiger partial charge in [-0.25, -0.2) is 0 Å². The summed E-state index contributed by atoms with van der Waals surface area (Å²) >= 11 is 0. The number of nitriles is 1. The molecule has 0 amide bonds. The number of hydrogen-bond donors (Lipinski definition) is 1. The lowest BCUT2D eigenvalue weighted by molar-refractivity contribution is -0.140. The molecule has 14 heavy (non-hydrogen) atoms. The van der Waals surface area contributed by atoms with Crippen LogP contribution >= 0.6 is 0 Å². The van der Waals surface area contributed by atoms with Crippen LogP contribution in [0.4, 0.5) is 0 Å². The molecule has 1 aromatic carbocycles. The van der Waals surface area contributed by atoms with Crippen molar-refractivity contribution >= 4 is 5.97 Å². The third-order valence-corrected chi connectivity index (χ3v) is 2.70. The maximum absolute atomic E-state index is 11.0. The van der Waals surface area contributed by atoms with E-state index in [1.807, 2.05) is 6.07 Å². The molecule has 0 unspecified atom stereocenters. The molecule has 0 spiro atoms. The fourth-order valence-electron chi connectivity index (χ4n) is 1.64. The highest BCUT2D eigenvalue weighted by molar-refractivity contribution is 5.85. The lowest BCUT2D eigenvalue weighted by Gasteiger charge is -2.09. The zero-order valence-electron chi connectivity index (χ0n) is 7.53. The van der Waals surface area contributed by atoms with Crippen LogP contribution in [0.1, 0.15) is 24.0 Å². The van der Waals surface area contributed by atoms with Crippen LogP contribution in [0.3, 0.4) is 0 Å². The number of hydrogen-bond acceptors (Lipinski definition) is 2. The predicted octanol–water partition coefficient (Wildman–Crippen LogP) is 1.67. The van der Waals surface area contributed by atoms with Crippen LogP contribution in [0.5, 0.6) is 0 Å². The standard InChI is InChI=1S/C11H9NO2/c12-7-8-2-1-3-9(6-8)11(4-5-11)10(13)14/h1-3,6H,4-5H2,(H,13,14). The number of rotatable bonds is 2. The van der Waals surface area contributed by atoms with Gasteiger partial charge >= 0.3 is 5.97 Å². The Morgan fingerprint density at radius 1 is 1.50 bits per heavy atom. The number of benzene rings is 1. The Labute approximate surface area is 81.6 Å². The molecule has 0 aliphatic heterocycles. The van der Waals surface area contributed by atoms with Gasteiger partial charge in [-0.15, -0.1) is 0 Å². The molecule has 1 saturated carbocycles. The van der Waals surface area contributed by atoms with Crippen LogP contribution in [0, 0.1) is 11.3 Å². The first kappa shape index (κ1) is 8.76. The van der Waals surface area contributed by atoms with Gasteiger partial charge in [0.05, 0.1) is 17.0 Å². The highest BCUT2D eigenvalue weighted by Gasteiger charge is 2.51. The summed E-state index contributed by atoms with van der Waals surface area (Å²) in [5, 5.41) is 17.7. The van der Waals surface area contributed by atoms with Gasteiger partial charge in [0.15, 0.2) is 0 Å². The Hall–Kier alpha value is -1.82. The molecular weight excluding hydrogens is 178 g/mol. The molecule has 1 fully saturated rings. The molecule has 1 N–H and O–H groups in total. The van der Waals surface area contributed by atoms with E-state index in [0.29, 0.717) is 18.4 Å². The first-order valence-corrected chi connectivity index (χ1v) is 4.43. The summed E-state index contributed by atoms with van der Waals surface area (Å²) in [5.74, 6) is -0.785. The molecule has 70 valence electrons. The molecule has 1 aliphatic carbocycles. The van der Waals surface area contributed by atoms with E-state index in [9.17, 15) is 4.79 Å². The van der Waals surface area contributed by atoms with Crippen LogP contribution in [0.25, 0.3) is 0 Å². The van der Waals surface area contributed by atoms with Gasteiger partial charge in [0.25, 0.3) is 0 Å². The summed E-state index contributed by atoms with van der Waals surface area (Å²) in [6, 6.07) is 8.88. The van der Waals surface area contributed by atoms with Crippen molar-refractivity contribution in [2.75, 3.05) is 0 Å². The third-order valence-electron chi connectivity index (χ3n) is 2.70. The molecule has 0 heterocycles. The number of carboxylic acid groups (broad SMARTS) is 1. The number of aliphatic carboxylic acids is 1. The Morgan fingerprint density at radius 3 is 2.71 bits per heavy atom. The zero-order valence-corrected chi connectivity index (χ0v) is 7.53. The van der Waals surface area contributed by atoms with Gasteiger partial charge in [-0.05, 0) is 30.5 Å². The molecule has 2 rings (SSSR count). The maximum atomic E-state index is 11.0. The van der Waals surface area contributed by atoms with Gasteiger partial charge < -0.3 is 5.11 Å². The smallest absolute Gasteiger partial charge is 0.314 e. The molecule has 0 bridgehead atoms. The molecule has 0 aromatic heterocycles. The van der Waals surface area contributed by atoms with Crippen LogP contribution in [-0.2, 0) is 10.2 Å². The fraction of sp³-hybridized carbons (Fsp3) is 0.273.